The maximum absolute atomic E-state index is 12.9. The lowest BCUT2D eigenvalue weighted by Gasteiger charge is -2.14. The molecule has 0 unspecified atom stereocenters. The molecule has 122 valence electrons. The fourth-order valence-corrected chi connectivity index (χ4v) is 2.62. The van der Waals surface area contributed by atoms with E-state index in [1.54, 1.807) is 0 Å². The van der Waals surface area contributed by atoms with E-state index in [1.807, 2.05) is 0 Å². The van der Waals surface area contributed by atoms with Crippen LogP contribution < -0.4 is 0 Å². The number of pyridine rings is 1. The molecule has 3 nitrogen and oxygen atoms in total. The highest BCUT2D eigenvalue weighted by molar-refractivity contribution is 6.46. The lowest BCUT2D eigenvalue weighted by atomic mass is 10.0. The molecule has 2 aromatic rings. The first-order valence-electron chi connectivity index (χ1n) is 6.04. The van der Waals surface area contributed by atoms with Crippen LogP contribution in [0.2, 0.25) is 15.1 Å². The molecule has 9 heteroatoms. The molecule has 0 aliphatic heterocycles. The Hall–Kier alpha value is -1.50. The first kappa shape index (κ1) is 17.8. The zero-order chi connectivity index (χ0) is 17.4. The summed E-state index contributed by atoms with van der Waals surface area (Å²) in [7, 11) is 0. The molecule has 0 spiro atoms. The largest absolute Gasteiger partial charge is 0.481 e. The highest BCUT2D eigenvalue weighted by Crippen LogP contribution is 2.41. The van der Waals surface area contributed by atoms with E-state index >= 15 is 0 Å². The molecule has 0 aliphatic rings. The minimum atomic E-state index is -4.70. The normalized spacial score (nSPS) is 11.6. The summed E-state index contributed by atoms with van der Waals surface area (Å²) >= 11 is 17.9. The monoisotopic (exact) mass is 383 g/mol. The van der Waals surface area contributed by atoms with Crippen molar-refractivity contribution in [2.24, 2.45) is 0 Å². The van der Waals surface area contributed by atoms with E-state index in [2.05, 4.69) is 4.98 Å². The first-order chi connectivity index (χ1) is 10.6. The third-order valence-corrected chi connectivity index (χ3v) is 4.01. The Labute approximate surface area is 143 Å². The number of aromatic nitrogens is 1. The smallest absolute Gasteiger partial charge is 0.433 e. The van der Waals surface area contributed by atoms with Gasteiger partial charge in [0.25, 0.3) is 0 Å². The summed E-state index contributed by atoms with van der Waals surface area (Å²) in [6.07, 6.45) is -5.24. The summed E-state index contributed by atoms with van der Waals surface area (Å²) in [5.74, 6) is -1.23. The molecule has 0 fully saturated rings. The Morgan fingerprint density at radius 3 is 2.26 bits per heavy atom. The summed E-state index contributed by atoms with van der Waals surface area (Å²) < 4.78 is 38.7. The number of alkyl halides is 3. The Kier molecular flexibility index (Phi) is 5.08. The van der Waals surface area contributed by atoms with E-state index in [-0.39, 0.29) is 31.9 Å². The summed E-state index contributed by atoms with van der Waals surface area (Å²) in [6.45, 7) is 0. The molecule has 1 aromatic heterocycles. The zero-order valence-electron chi connectivity index (χ0n) is 11.1. The molecule has 1 heterocycles. The number of aliphatic carboxylic acids is 1. The molecule has 0 radical (unpaired) electrons. The highest BCUT2D eigenvalue weighted by Gasteiger charge is 2.33. The van der Waals surface area contributed by atoms with E-state index < -0.39 is 24.3 Å². The average molecular weight is 385 g/mol. The van der Waals surface area contributed by atoms with Crippen molar-refractivity contribution >= 4 is 40.8 Å². The number of hydrogen-bond donors (Lipinski definition) is 1. The van der Waals surface area contributed by atoms with Crippen LogP contribution in [0.15, 0.2) is 24.3 Å². The molecule has 0 bridgehead atoms. The first-order valence-corrected chi connectivity index (χ1v) is 7.17. The highest BCUT2D eigenvalue weighted by atomic mass is 35.5. The van der Waals surface area contributed by atoms with Crippen LogP contribution in [-0.4, -0.2) is 16.1 Å². The van der Waals surface area contributed by atoms with Crippen molar-refractivity contribution in [3.63, 3.8) is 0 Å². The van der Waals surface area contributed by atoms with Gasteiger partial charge in [-0.1, -0.05) is 40.9 Å². The van der Waals surface area contributed by atoms with Gasteiger partial charge in [0.15, 0.2) is 0 Å². The summed E-state index contributed by atoms with van der Waals surface area (Å²) in [5.41, 5.74) is -1.45. The van der Waals surface area contributed by atoms with Crippen molar-refractivity contribution < 1.29 is 23.1 Å². The van der Waals surface area contributed by atoms with Crippen molar-refractivity contribution in [3.05, 3.63) is 50.6 Å². The minimum Gasteiger partial charge on any atom is -0.481 e. The number of benzene rings is 1. The van der Waals surface area contributed by atoms with Gasteiger partial charge in [-0.25, -0.2) is 4.98 Å². The van der Waals surface area contributed by atoms with Gasteiger partial charge in [0.2, 0.25) is 0 Å². The topological polar surface area (TPSA) is 50.2 Å². The third-order valence-electron chi connectivity index (χ3n) is 2.89. The van der Waals surface area contributed by atoms with E-state index in [0.717, 1.165) is 6.07 Å². The lowest BCUT2D eigenvalue weighted by Crippen LogP contribution is -2.11. The van der Waals surface area contributed by atoms with Gasteiger partial charge >= 0.3 is 12.1 Å². The predicted molar refractivity (Wildman–Crippen MR) is 81.0 cm³/mol. The summed E-state index contributed by atoms with van der Waals surface area (Å²) in [4.78, 5) is 14.4. The Morgan fingerprint density at radius 1 is 1.09 bits per heavy atom. The number of halogens is 6. The van der Waals surface area contributed by atoms with Crippen LogP contribution in [0.1, 0.15) is 11.3 Å². The molecule has 1 N–H and O–H groups in total. The standard InChI is InChI=1S/C14H7Cl3F3NO2/c15-7-2-3-8(16)12(17)11(7)13-6(5-10(22)23)1-4-9(21-13)14(18,19)20/h1-4H,5H2,(H,22,23). The molecule has 0 saturated carbocycles. The second-order valence-electron chi connectivity index (χ2n) is 4.49. The quantitative estimate of drug-likeness (QED) is 0.725. The van der Waals surface area contributed by atoms with Crippen LogP contribution in [0.25, 0.3) is 11.3 Å². The minimum absolute atomic E-state index is 0.0119. The summed E-state index contributed by atoms with van der Waals surface area (Å²) in [6, 6.07) is 4.46. The van der Waals surface area contributed by atoms with Crippen molar-refractivity contribution in [2.75, 3.05) is 0 Å². The third kappa shape index (κ3) is 3.88. The number of rotatable bonds is 3. The van der Waals surface area contributed by atoms with Crippen molar-refractivity contribution in [1.82, 2.24) is 4.98 Å². The van der Waals surface area contributed by atoms with Crippen molar-refractivity contribution in [2.45, 2.75) is 12.6 Å². The number of carbonyl (C=O) groups is 1. The SMILES string of the molecule is O=C(O)Cc1ccc(C(F)(F)F)nc1-c1c(Cl)ccc(Cl)c1Cl. The number of carboxylic acids is 1. The number of nitrogens with zero attached hydrogens (tertiary/aromatic N) is 1. The predicted octanol–water partition coefficient (Wildman–Crippen LogP) is 5.35. The maximum atomic E-state index is 12.9. The Balaban J connectivity index is 2.77. The van der Waals surface area contributed by atoms with Gasteiger partial charge in [0.1, 0.15) is 5.69 Å². The number of hydrogen-bond acceptors (Lipinski definition) is 2. The molecular formula is C14H7Cl3F3NO2. The van der Waals surface area contributed by atoms with Gasteiger partial charge in [-0.3, -0.25) is 4.79 Å². The van der Waals surface area contributed by atoms with Crippen LogP contribution in [0, 0.1) is 0 Å². The molecular weight excluding hydrogens is 378 g/mol. The van der Waals surface area contributed by atoms with E-state index in [0.29, 0.717) is 6.07 Å². The molecule has 0 atom stereocenters. The zero-order valence-corrected chi connectivity index (χ0v) is 13.4. The van der Waals surface area contributed by atoms with Crippen molar-refractivity contribution in [3.8, 4) is 11.3 Å². The van der Waals surface area contributed by atoms with Gasteiger partial charge in [0.05, 0.1) is 27.2 Å². The fourth-order valence-electron chi connectivity index (χ4n) is 1.91. The fraction of sp³-hybridized carbons (Fsp3) is 0.143. The lowest BCUT2D eigenvalue weighted by molar-refractivity contribution is -0.141. The molecule has 0 amide bonds. The van der Waals surface area contributed by atoms with E-state index in [4.69, 9.17) is 39.9 Å². The average Bonchev–Trinajstić information content (AvgIpc) is 2.43. The second-order valence-corrected chi connectivity index (χ2v) is 5.68. The van der Waals surface area contributed by atoms with E-state index in [1.165, 1.54) is 12.1 Å². The van der Waals surface area contributed by atoms with Crippen molar-refractivity contribution in [1.29, 1.82) is 0 Å². The van der Waals surface area contributed by atoms with Gasteiger partial charge in [-0.2, -0.15) is 13.2 Å². The van der Waals surface area contributed by atoms with Crippen LogP contribution >= 0.6 is 34.8 Å². The molecule has 0 saturated heterocycles. The Morgan fingerprint density at radius 2 is 1.70 bits per heavy atom. The van der Waals surface area contributed by atoms with Crippen LogP contribution in [0.5, 0.6) is 0 Å². The number of carboxylic acid groups (broad SMARTS) is 1. The molecule has 2 rings (SSSR count). The van der Waals surface area contributed by atoms with Crippen LogP contribution in [0.4, 0.5) is 13.2 Å². The van der Waals surface area contributed by atoms with Crippen LogP contribution in [0.3, 0.4) is 0 Å². The second kappa shape index (κ2) is 6.55. The van der Waals surface area contributed by atoms with E-state index in [9.17, 15) is 18.0 Å². The van der Waals surface area contributed by atoms with Gasteiger partial charge in [-0.15, -0.1) is 0 Å². The Bertz CT molecular complexity index is 779. The maximum Gasteiger partial charge on any atom is 0.433 e. The molecule has 1 aromatic carbocycles. The molecule has 0 aliphatic carbocycles. The summed E-state index contributed by atoms with van der Waals surface area (Å²) in [5, 5.41) is 8.89. The molecule has 23 heavy (non-hydrogen) atoms. The van der Waals surface area contributed by atoms with Gasteiger partial charge < -0.3 is 5.11 Å². The van der Waals surface area contributed by atoms with Crippen LogP contribution in [-0.2, 0) is 17.4 Å². The van der Waals surface area contributed by atoms with Gasteiger partial charge in [0, 0.05) is 5.56 Å². The van der Waals surface area contributed by atoms with Gasteiger partial charge in [-0.05, 0) is 23.8 Å².